The molecule has 0 bridgehead atoms. The van der Waals surface area contributed by atoms with Crippen molar-refractivity contribution in [2.45, 2.75) is 158 Å². The number of halogens is 1. The van der Waals surface area contributed by atoms with E-state index in [-0.39, 0.29) is 41.9 Å². The highest BCUT2D eigenvalue weighted by atomic mass is 35.5. The van der Waals surface area contributed by atoms with Crippen LogP contribution in [0.5, 0.6) is 0 Å². The number of imidazole rings is 1. The van der Waals surface area contributed by atoms with Crippen molar-refractivity contribution in [2.75, 3.05) is 0 Å². The van der Waals surface area contributed by atoms with Gasteiger partial charge in [-0.1, -0.05) is 92.1 Å². The summed E-state index contributed by atoms with van der Waals surface area (Å²) in [5.41, 5.74) is 0.577. The molecule has 1 aliphatic carbocycles. The van der Waals surface area contributed by atoms with Crippen LogP contribution in [0.2, 0.25) is 59.5 Å². The van der Waals surface area contributed by atoms with Crippen molar-refractivity contribution in [3.05, 3.63) is 41.8 Å². The number of hydrogen-bond acceptors (Lipinski definition) is 8. The van der Waals surface area contributed by atoms with E-state index in [4.69, 9.17) is 24.9 Å². The maximum Gasteiger partial charge on any atom is 0.240 e. The van der Waals surface area contributed by atoms with Crippen LogP contribution in [-0.2, 0) is 23.1 Å². The van der Waals surface area contributed by atoms with Crippen molar-refractivity contribution < 1.29 is 21.7 Å². The Kier molecular flexibility index (Phi) is 10.6. The average Bonchev–Trinajstić information content (AvgIpc) is 3.46. The number of fused-ring (bicyclic) bond motifs is 1. The normalized spacial score (nSPS) is 22.1. The van der Waals surface area contributed by atoms with E-state index in [1.165, 1.54) is 6.33 Å². The smallest absolute Gasteiger partial charge is 0.240 e. The molecule has 0 amide bonds. The molecule has 2 heterocycles. The van der Waals surface area contributed by atoms with E-state index in [1.807, 2.05) is 0 Å². The van der Waals surface area contributed by atoms with Gasteiger partial charge in [0.05, 0.1) is 29.2 Å². The summed E-state index contributed by atoms with van der Waals surface area (Å²) in [5.74, 6) is 0. The molecule has 1 fully saturated rings. The Balaban J connectivity index is 2.06. The molecule has 2 aromatic heterocycles. The van der Waals surface area contributed by atoms with E-state index in [0.717, 1.165) is 0 Å². The van der Waals surface area contributed by atoms with Gasteiger partial charge in [-0.05, 0) is 73.0 Å². The summed E-state index contributed by atoms with van der Waals surface area (Å²) in [7, 11) is -11.3. The highest BCUT2D eigenvalue weighted by Crippen LogP contribution is 2.50. The quantitative estimate of drug-likeness (QED) is 0.157. The third-order valence-corrected chi connectivity index (χ3v) is 26.7. The minimum absolute atomic E-state index is 0.0628. The Bertz CT molecular complexity index is 1730. The van der Waals surface area contributed by atoms with E-state index < -0.39 is 53.0 Å². The lowest BCUT2D eigenvalue weighted by Crippen LogP contribution is -2.55. The Hall–Kier alpha value is -1.46. The van der Waals surface area contributed by atoms with Crippen LogP contribution in [-0.4, -0.2) is 71.2 Å². The van der Waals surface area contributed by atoms with E-state index in [0.29, 0.717) is 12.1 Å². The molecule has 0 N–H and O–H groups in total. The molecule has 0 aliphatic heterocycles. The molecule has 1 aliphatic rings. The van der Waals surface area contributed by atoms with Crippen LogP contribution >= 0.6 is 11.6 Å². The Labute approximate surface area is 296 Å². The molecule has 0 spiro atoms. The van der Waals surface area contributed by atoms with Gasteiger partial charge in [-0.25, -0.2) is 23.4 Å². The van der Waals surface area contributed by atoms with Crippen LogP contribution in [0.3, 0.4) is 0 Å². The van der Waals surface area contributed by atoms with Crippen LogP contribution in [0.15, 0.2) is 46.7 Å². The van der Waals surface area contributed by atoms with Gasteiger partial charge in [0.2, 0.25) is 15.0 Å². The van der Waals surface area contributed by atoms with E-state index in [2.05, 4.69) is 117 Å². The first-order valence-corrected chi connectivity index (χ1v) is 27.4. The fraction of sp³-hybridized carbons (Fsp3) is 0.676. The first-order chi connectivity index (χ1) is 21.6. The topological polar surface area (TPSA) is 105 Å². The molecule has 0 unspecified atom stereocenters. The highest BCUT2D eigenvalue weighted by Gasteiger charge is 2.56. The van der Waals surface area contributed by atoms with E-state index in [1.54, 1.807) is 34.9 Å². The van der Waals surface area contributed by atoms with Crippen LogP contribution < -0.4 is 0 Å². The standard InChI is InChI=1S/C34H57ClN4O5SSi3/c1-32(2,3)46(10,11)42-25-21-24(27(43-47(12,13)33(4,5)6)28(25)44-48(14,15)34(7,8)9)39-30-26(29(35)36-22-37-30)38-31(39)45(40,41)23-19-17-16-18-20-23/h16-20,22,24-25,27-28H,21H2,1-15H3/t24-,25+,27+,28-/m1/s1. The van der Waals surface area contributed by atoms with Crippen LogP contribution in [0.4, 0.5) is 0 Å². The van der Waals surface area contributed by atoms with Crippen LogP contribution in [0.1, 0.15) is 74.8 Å². The monoisotopic (exact) mass is 752 g/mol. The molecule has 48 heavy (non-hydrogen) atoms. The zero-order chi connectivity index (χ0) is 36.5. The van der Waals surface area contributed by atoms with Gasteiger partial charge >= 0.3 is 0 Å². The molecule has 0 radical (unpaired) electrons. The Morgan fingerprint density at radius 3 is 1.73 bits per heavy atom. The van der Waals surface area contributed by atoms with Crippen LogP contribution in [0, 0.1) is 0 Å². The number of benzene rings is 1. The third-order valence-electron chi connectivity index (χ3n) is 11.3. The Morgan fingerprint density at radius 1 is 0.750 bits per heavy atom. The molecular weight excluding hydrogens is 696 g/mol. The van der Waals surface area contributed by atoms with Crippen molar-refractivity contribution in [2.24, 2.45) is 0 Å². The zero-order valence-corrected chi connectivity index (χ0v) is 36.2. The molecule has 4 rings (SSSR count). The summed E-state index contributed by atoms with van der Waals surface area (Å²) < 4.78 is 52.7. The van der Waals surface area contributed by atoms with Crippen molar-refractivity contribution in [3.8, 4) is 0 Å². The third kappa shape index (κ3) is 7.44. The summed E-state index contributed by atoms with van der Waals surface area (Å²) in [4.78, 5) is 13.6. The SMILES string of the molecule is CC(C)(C)[Si](C)(C)O[C@@H]1[C@H](O[Si](C)(C)C(C)(C)C)[C@@H](O[Si](C)(C)C(C)(C)C)C[C@H]1n1c(S(=O)(=O)c2ccccc2)nc2c(Cl)ncnc21. The van der Waals surface area contributed by atoms with Crippen LogP contribution in [0.25, 0.3) is 11.2 Å². The molecule has 3 aromatic rings. The summed E-state index contributed by atoms with van der Waals surface area (Å²) in [5, 5.41) is -0.325. The zero-order valence-electron chi connectivity index (χ0n) is 31.6. The van der Waals surface area contributed by atoms with Crippen molar-refractivity contribution in [3.63, 3.8) is 0 Å². The summed E-state index contributed by atoms with van der Waals surface area (Å²) >= 11 is 6.60. The second-order valence-electron chi connectivity index (χ2n) is 17.8. The Morgan fingerprint density at radius 2 is 1.23 bits per heavy atom. The minimum Gasteiger partial charge on any atom is -0.411 e. The number of aromatic nitrogens is 4. The summed E-state index contributed by atoms with van der Waals surface area (Å²) in [6.07, 6.45) is 0.442. The van der Waals surface area contributed by atoms with Gasteiger partial charge in [-0.2, -0.15) is 0 Å². The van der Waals surface area contributed by atoms with Gasteiger partial charge in [0.25, 0.3) is 0 Å². The molecule has 1 aromatic carbocycles. The molecule has 4 atom stereocenters. The van der Waals surface area contributed by atoms with Crippen molar-refractivity contribution in [1.82, 2.24) is 19.5 Å². The molecular formula is C34H57ClN4O5SSi3. The van der Waals surface area contributed by atoms with E-state index in [9.17, 15) is 8.42 Å². The fourth-order valence-electron chi connectivity index (χ4n) is 5.24. The molecule has 268 valence electrons. The number of nitrogens with zero attached hydrogens (tertiary/aromatic N) is 4. The van der Waals surface area contributed by atoms with Gasteiger partial charge in [0.1, 0.15) is 11.8 Å². The fourth-order valence-corrected chi connectivity index (χ4v) is 10.8. The van der Waals surface area contributed by atoms with Gasteiger partial charge < -0.3 is 13.3 Å². The summed E-state index contributed by atoms with van der Waals surface area (Å²) in [6.45, 7) is 33.4. The average molecular weight is 754 g/mol. The van der Waals surface area contributed by atoms with Crippen molar-refractivity contribution >= 4 is 57.6 Å². The van der Waals surface area contributed by atoms with Gasteiger partial charge in [0, 0.05) is 0 Å². The lowest BCUT2D eigenvalue weighted by Gasteiger charge is -2.46. The molecule has 1 saturated carbocycles. The largest absolute Gasteiger partial charge is 0.411 e. The van der Waals surface area contributed by atoms with Gasteiger partial charge in [-0.15, -0.1) is 0 Å². The number of sulfone groups is 1. The summed E-state index contributed by atoms with van der Waals surface area (Å²) in [6, 6.07) is 7.83. The number of rotatable bonds is 9. The maximum atomic E-state index is 14.5. The van der Waals surface area contributed by atoms with Gasteiger partial charge in [-0.3, -0.25) is 4.57 Å². The molecule has 9 nitrogen and oxygen atoms in total. The second-order valence-corrected chi connectivity index (χ2v) is 34.3. The first-order valence-electron chi connectivity index (χ1n) is 16.8. The lowest BCUT2D eigenvalue weighted by molar-refractivity contribution is -0.00701. The first kappa shape index (κ1) is 39.3. The highest BCUT2D eigenvalue weighted by molar-refractivity contribution is 7.91. The van der Waals surface area contributed by atoms with Gasteiger partial charge in [0.15, 0.2) is 35.8 Å². The molecule has 14 heteroatoms. The number of hydrogen-bond donors (Lipinski definition) is 0. The minimum atomic E-state index is -4.12. The van der Waals surface area contributed by atoms with Crippen molar-refractivity contribution in [1.29, 1.82) is 0 Å². The predicted octanol–water partition coefficient (Wildman–Crippen LogP) is 9.43. The lowest BCUT2D eigenvalue weighted by atomic mass is 10.2. The second kappa shape index (κ2) is 12.9. The molecule has 0 saturated heterocycles. The predicted molar refractivity (Wildman–Crippen MR) is 202 cm³/mol. The van der Waals surface area contributed by atoms with E-state index >= 15 is 0 Å². The maximum absolute atomic E-state index is 14.5.